The standard InChI is InChI=1S/C12H21N5O2/c1-3-12(2,10(13)16-19)11(18)14-6-4-8-17-9-5-7-15-17/h5,7,9,19H,3-4,6,8H2,1-2H3,(H2,13,16)(H,14,18). The van der Waals surface area contributed by atoms with Crippen LogP contribution >= 0.6 is 0 Å². The molecule has 0 saturated heterocycles. The highest BCUT2D eigenvalue weighted by Crippen LogP contribution is 2.21. The molecule has 4 N–H and O–H groups in total. The third kappa shape index (κ3) is 3.70. The Morgan fingerprint density at radius 2 is 2.37 bits per heavy atom. The number of amides is 1. The number of aromatic nitrogens is 2. The molecular formula is C12H21N5O2. The second-order valence-corrected chi connectivity index (χ2v) is 4.55. The van der Waals surface area contributed by atoms with Gasteiger partial charge in [-0.3, -0.25) is 9.48 Å². The number of carbonyl (C=O) groups is 1. The van der Waals surface area contributed by atoms with Gasteiger partial charge in [0.05, 0.1) is 0 Å². The van der Waals surface area contributed by atoms with Crippen molar-refractivity contribution in [3.8, 4) is 0 Å². The SMILES string of the molecule is CCC(C)(C(=O)NCCCn1cccn1)/C(N)=N/O. The van der Waals surface area contributed by atoms with E-state index in [0.717, 1.165) is 13.0 Å². The third-order valence-electron chi connectivity index (χ3n) is 3.29. The summed E-state index contributed by atoms with van der Waals surface area (Å²) in [7, 11) is 0. The quantitative estimate of drug-likeness (QED) is 0.220. The normalized spacial score (nSPS) is 14.9. The van der Waals surface area contributed by atoms with E-state index >= 15 is 0 Å². The van der Waals surface area contributed by atoms with E-state index in [4.69, 9.17) is 10.9 Å². The van der Waals surface area contributed by atoms with Crippen molar-refractivity contribution in [2.24, 2.45) is 16.3 Å². The van der Waals surface area contributed by atoms with Crippen LogP contribution in [0.25, 0.3) is 0 Å². The van der Waals surface area contributed by atoms with Gasteiger partial charge in [-0.15, -0.1) is 0 Å². The Kier molecular flexibility index (Phi) is 5.35. The van der Waals surface area contributed by atoms with Crippen LogP contribution in [0.4, 0.5) is 0 Å². The number of carbonyl (C=O) groups excluding carboxylic acids is 1. The zero-order valence-electron chi connectivity index (χ0n) is 11.3. The molecule has 0 fully saturated rings. The Labute approximate surface area is 112 Å². The van der Waals surface area contributed by atoms with Crippen LogP contribution in [0.3, 0.4) is 0 Å². The monoisotopic (exact) mass is 267 g/mol. The van der Waals surface area contributed by atoms with Gasteiger partial charge in [-0.05, 0) is 25.8 Å². The summed E-state index contributed by atoms with van der Waals surface area (Å²) in [5.74, 6) is -0.301. The Hall–Kier alpha value is -2.05. The van der Waals surface area contributed by atoms with Crippen molar-refractivity contribution in [3.63, 3.8) is 0 Å². The average molecular weight is 267 g/mol. The van der Waals surface area contributed by atoms with E-state index in [1.165, 1.54) is 0 Å². The van der Waals surface area contributed by atoms with Gasteiger partial charge in [0.25, 0.3) is 0 Å². The third-order valence-corrected chi connectivity index (χ3v) is 3.29. The predicted molar refractivity (Wildman–Crippen MR) is 71.7 cm³/mol. The van der Waals surface area contributed by atoms with Gasteiger partial charge in [0.15, 0.2) is 5.84 Å². The van der Waals surface area contributed by atoms with Crippen molar-refractivity contribution in [2.45, 2.75) is 33.2 Å². The summed E-state index contributed by atoms with van der Waals surface area (Å²) in [6.07, 6.45) is 4.82. The molecule has 1 aromatic rings. The lowest BCUT2D eigenvalue weighted by molar-refractivity contribution is -0.127. The predicted octanol–water partition coefficient (Wildman–Crippen LogP) is 0.552. The molecule has 19 heavy (non-hydrogen) atoms. The van der Waals surface area contributed by atoms with Gasteiger partial charge in [0, 0.05) is 25.5 Å². The molecule has 0 radical (unpaired) electrons. The van der Waals surface area contributed by atoms with Gasteiger partial charge in [-0.25, -0.2) is 0 Å². The van der Waals surface area contributed by atoms with Gasteiger partial charge in [-0.1, -0.05) is 12.1 Å². The molecule has 0 aliphatic carbocycles. The van der Waals surface area contributed by atoms with Crippen LogP contribution < -0.4 is 11.1 Å². The number of nitrogens with one attached hydrogen (secondary N) is 1. The van der Waals surface area contributed by atoms with Crippen molar-refractivity contribution >= 4 is 11.7 Å². The highest BCUT2D eigenvalue weighted by Gasteiger charge is 2.35. The molecule has 1 rings (SSSR count). The lowest BCUT2D eigenvalue weighted by atomic mass is 9.85. The number of hydrogen-bond acceptors (Lipinski definition) is 4. The lowest BCUT2D eigenvalue weighted by Gasteiger charge is -2.25. The van der Waals surface area contributed by atoms with Crippen molar-refractivity contribution in [3.05, 3.63) is 18.5 Å². The van der Waals surface area contributed by atoms with Gasteiger partial charge in [0.2, 0.25) is 5.91 Å². The molecule has 1 unspecified atom stereocenters. The van der Waals surface area contributed by atoms with Gasteiger partial charge in [-0.2, -0.15) is 5.10 Å². The van der Waals surface area contributed by atoms with E-state index in [2.05, 4.69) is 15.6 Å². The van der Waals surface area contributed by atoms with Crippen LogP contribution in [0.5, 0.6) is 0 Å². The topological polar surface area (TPSA) is 106 Å². The van der Waals surface area contributed by atoms with Gasteiger partial charge >= 0.3 is 0 Å². The number of nitrogens with zero attached hydrogens (tertiary/aromatic N) is 3. The van der Waals surface area contributed by atoms with Crippen molar-refractivity contribution in [1.82, 2.24) is 15.1 Å². The van der Waals surface area contributed by atoms with Crippen LogP contribution in [0, 0.1) is 5.41 Å². The Bertz CT molecular complexity index is 429. The molecule has 0 spiro atoms. The minimum atomic E-state index is -0.972. The smallest absolute Gasteiger partial charge is 0.233 e. The van der Waals surface area contributed by atoms with Crippen LogP contribution in [-0.2, 0) is 11.3 Å². The minimum Gasteiger partial charge on any atom is -0.409 e. The maximum Gasteiger partial charge on any atom is 0.233 e. The van der Waals surface area contributed by atoms with E-state index in [0.29, 0.717) is 13.0 Å². The Morgan fingerprint density at radius 3 is 2.89 bits per heavy atom. The summed E-state index contributed by atoms with van der Waals surface area (Å²) in [6, 6.07) is 1.85. The van der Waals surface area contributed by atoms with E-state index in [-0.39, 0.29) is 11.7 Å². The molecule has 1 aromatic heterocycles. The summed E-state index contributed by atoms with van der Waals surface area (Å²) in [4.78, 5) is 12.1. The summed E-state index contributed by atoms with van der Waals surface area (Å²) in [5, 5.41) is 18.5. The van der Waals surface area contributed by atoms with Crippen LogP contribution in [0.2, 0.25) is 0 Å². The zero-order chi connectivity index (χ0) is 14.3. The number of oxime groups is 1. The molecule has 1 atom stereocenters. The highest BCUT2D eigenvalue weighted by atomic mass is 16.4. The summed E-state index contributed by atoms with van der Waals surface area (Å²) in [6.45, 7) is 4.74. The van der Waals surface area contributed by atoms with Crippen LogP contribution in [0.1, 0.15) is 26.7 Å². The summed E-state index contributed by atoms with van der Waals surface area (Å²) < 4.78 is 1.80. The molecule has 0 saturated carbocycles. The first kappa shape index (κ1) is 15.0. The fourth-order valence-corrected chi connectivity index (χ4v) is 1.64. The minimum absolute atomic E-state index is 0.0698. The maximum absolute atomic E-state index is 12.1. The molecule has 0 aliphatic rings. The Balaban J connectivity index is 2.41. The highest BCUT2D eigenvalue weighted by molar-refractivity contribution is 6.06. The second-order valence-electron chi connectivity index (χ2n) is 4.55. The molecule has 1 amide bonds. The second kappa shape index (κ2) is 6.77. The van der Waals surface area contributed by atoms with E-state index < -0.39 is 5.41 Å². The molecule has 7 nitrogen and oxygen atoms in total. The summed E-state index contributed by atoms with van der Waals surface area (Å²) >= 11 is 0. The van der Waals surface area contributed by atoms with Crippen LogP contribution in [-0.4, -0.2) is 33.3 Å². The fourth-order valence-electron chi connectivity index (χ4n) is 1.64. The van der Waals surface area contributed by atoms with E-state index in [9.17, 15) is 4.79 Å². The molecule has 0 aliphatic heterocycles. The average Bonchev–Trinajstić information content (AvgIpc) is 2.94. The molecule has 0 bridgehead atoms. The number of rotatable bonds is 7. The maximum atomic E-state index is 12.1. The van der Waals surface area contributed by atoms with Crippen molar-refractivity contribution < 1.29 is 10.0 Å². The lowest BCUT2D eigenvalue weighted by Crippen LogP contribution is -2.47. The van der Waals surface area contributed by atoms with Gasteiger partial charge in [0.1, 0.15) is 5.41 Å². The van der Waals surface area contributed by atoms with Crippen molar-refractivity contribution in [1.29, 1.82) is 0 Å². The molecule has 7 heteroatoms. The molecular weight excluding hydrogens is 246 g/mol. The van der Waals surface area contributed by atoms with Crippen molar-refractivity contribution in [2.75, 3.05) is 6.54 Å². The number of amidine groups is 1. The molecule has 106 valence electrons. The first-order valence-corrected chi connectivity index (χ1v) is 6.28. The number of aryl methyl sites for hydroxylation is 1. The first-order valence-electron chi connectivity index (χ1n) is 6.28. The zero-order valence-corrected chi connectivity index (χ0v) is 11.3. The number of nitrogens with two attached hydrogens (primary N) is 1. The Morgan fingerprint density at radius 1 is 1.63 bits per heavy atom. The first-order chi connectivity index (χ1) is 9.04. The molecule has 1 heterocycles. The van der Waals surface area contributed by atoms with E-state index in [1.807, 2.05) is 19.2 Å². The largest absolute Gasteiger partial charge is 0.409 e. The van der Waals surface area contributed by atoms with E-state index in [1.54, 1.807) is 17.8 Å². The fraction of sp³-hybridized carbons (Fsp3) is 0.583. The summed E-state index contributed by atoms with van der Waals surface area (Å²) in [5.41, 5.74) is 4.60. The molecule has 0 aromatic carbocycles. The van der Waals surface area contributed by atoms with Crippen LogP contribution in [0.15, 0.2) is 23.6 Å². The number of hydrogen-bond donors (Lipinski definition) is 3. The van der Waals surface area contributed by atoms with Gasteiger partial charge < -0.3 is 16.3 Å².